The molecule has 21 heavy (non-hydrogen) atoms. The second-order valence-corrected chi connectivity index (χ2v) is 6.05. The topological polar surface area (TPSA) is 52.0 Å². The quantitative estimate of drug-likeness (QED) is 0.871. The number of para-hydroxylation sites is 1. The first-order chi connectivity index (χ1) is 10.1. The fourth-order valence-electron chi connectivity index (χ4n) is 3.27. The maximum absolute atomic E-state index is 12.4. The molecular formula is C17H20N2O2. The van der Waals surface area contributed by atoms with Gasteiger partial charge in [0.2, 0.25) is 0 Å². The zero-order valence-electron chi connectivity index (χ0n) is 12.3. The summed E-state index contributed by atoms with van der Waals surface area (Å²) in [5.41, 5.74) is 0.785. The van der Waals surface area contributed by atoms with Crippen molar-refractivity contribution in [3.8, 4) is 0 Å². The number of carbonyl (C=O) groups is 1. The van der Waals surface area contributed by atoms with E-state index < -0.39 is 0 Å². The Morgan fingerprint density at radius 2 is 1.95 bits per heavy atom. The third kappa shape index (κ3) is 2.89. The molecule has 1 aliphatic rings. The van der Waals surface area contributed by atoms with Gasteiger partial charge >= 0.3 is 0 Å². The van der Waals surface area contributed by atoms with Crippen LogP contribution in [0.5, 0.6) is 0 Å². The molecule has 1 aromatic carbocycles. The van der Waals surface area contributed by atoms with Gasteiger partial charge in [0.05, 0.1) is 17.2 Å². The average molecular weight is 284 g/mol. The van der Waals surface area contributed by atoms with Gasteiger partial charge in [-0.3, -0.25) is 14.2 Å². The number of nitrogens with zero attached hydrogens (tertiary/aromatic N) is 2. The van der Waals surface area contributed by atoms with Crippen LogP contribution < -0.4 is 5.56 Å². The molecule has 1 saturated carbocycles. The van der Waals surface area contributed by atoms with Gasteiger partial charge in [0.25, 0.3) is 5.56 Å². The fraction of sp³-hybridized carbons (Fsp3) is 0.471. The number of rotatable bonds is 3. The second-order valence-electron chi connectivity index (χ2n) is 6.05. The van der Waals surface area contributed by atoms with Gasteiger partial charge in [-0.2, -0.15) is 0 Å². The summed E-state index contributed by atoms with van der Waals surface area (Å²) in [6.07, 6.45) is 5.60. The maximum Gasteiger partial charge on any atom is 0.261 e. The highest BCUT2D eigenvalue weighted by molar-refractivity contribution is 5.78. The Bertz CT molecular complexity index is 712. The summed E-state index contributed by atoms with van der Waals surface area (Å²) in [5, 5.41) is 0.678. The highest BCUT2D eigenvalue weighted by Gasteiger charge is 2.24. The van der Waals surface area contributed by atoms with E-state index in [0.29, 0.717) is 23.6 Å². The van der Waals surface area contributed by atoms with Crippen molar-refractivity contribution in [3.63, 3.8) is 0 Å². The maximum atomic E-state index is 12.4. The van der Waals surface area contributed by atoms with Crippen molar-refractivity contribution in [2.45, 2.75) is 39.2 Å². The highest BCUT2D eigenvalue weighted by atomic mass is 16.1. The van der Waals surface area contributed by atoms with E-state index >= 15 is 0 Å². The Kier molecular flexibility index (Phi) is 3.86. The molecule has 1 aliphatic carbocycles. The van der Waals surface area contributed by atoms with Crippen molar-refractivity contribution in [1.29, 1.82) is 0 Å². The van der Waals surface area contributed by atoms with Crippen LogP contribution in [0.2, 0.25) is 0 Å². The van der Waals surface area contributed by atoms with Gasteiger partial charge in [0, 0.05) is 12.5 Å². The summed E-state index contributed by atoms with van der Waals surface area (Å²) in [6, 6.07) is 7.45. The summed E-state index contributed by atoms with van der Waals surface area (Å²) < 4.78 is 1.72. The summed E-state index contributed by atoms with van der Waals surface area (Å²) in [5.74, 6) is 1.01. The molecule has 1 heterocycles. The minimum Gasteiger partial charge on any atom is -0.300 e. The number of carbonyl (C=O) groups excluding carboxylic acids is 1. The second kappa shape index (κ2) is 5.80. The monoisotopic (exact) mass is 284 g/mol. The molecule has 0 aliphatic heterocycles. The van der Waals surface area contributed by atoms with Crippen LogP contribution in [0.1, 0.15) is 32.6 Å². The molecule has 1 fully saturated rings. The van der Waals surface area contributed by atoms with E-state index in [1.807, 2.05) is 24.3 Å². The SMILES string of the molecule is CC(=O)C1CCC(Cn2cnc3ccccc3c2=O)CC1. The lowest BCUT2D eigenvalue weighted by molar-refractivity contribution is -0.121. The number of aromatic nitrogens is 2. The fourth-order valence-corrected chi connectivity index (χ4v) is 3.27. The van der Waals surface area contributed by atoms with Gasteiger partial charge in [-0.25, -0.2) is 4.98 Å². The van der Waals surface area contributed by atoms with Crippen molar-refractivity contribution >= 4 is 16.7 Å². The van der Waals surface area contributed by atoms with E-state index in [1.165, 1.54) is 0 Å². The lowest BCUT2D eigenvalue weighted by Crippen LogP contribution is -2.28. The molecule has 4 heteroatoms. The van der Waals surface area contributed by atoms with E-state index in [2.05, 4.69) is 4.98 Å². The smallest absolute Gasteiger partial charge is 0.261 e. The number of hydrogen-bond donors (Lipinski definition) is 0. The van der Waals surface area contributed by atoms with E-state index in [1.54, 1.807) is 17.8 Å². The Hall–Kier alpha value is -1.97. The molecule has 4 nitrogen and oxygen atoms in total. The van der Waals surface area contributed by atoms with Crippen molar-refractivity contribution in [2.24, 2.45) is 11.8 Å². The predicted molar refractivity (Wildman–Crippen MR) is 82.1 cm³/mol. The molecule has 2 aromatic rings. The van der Waals surface area contributed by atoms with Crippen molar-refractivity contribution < 1.29 is 4.79 Å². The standard InChI is InChI=1S/C17H20N2O2/c1-12(20)14-8-6-13(7-9-14)10-19-11-18-16-5-3-2-4-15(16)17(19)21/h2-5,11,13-14H,6-10H2,1H3. The molecule has 0 N–H and O–H groups in total. The minimum absolute atomic E-state index is 0.0364. The van der Waals surface area contributed by atoms with E-state index in [9.17, 15) is 9.59 Å². The number of Topliss-reactive ketones (excluding diaryl/α,β-unsaturated/α-hetero) is 1. The van der Waals surface area contributed by atoms with Crippen molar-refractivity contribution in [3.05, 3.63) is 40.9 Å². The molecule has 0 bridgehead atoms. The summed E-state index contributed by atoms with van der Waals surface area (Å²) in [6.45, 7) is 2.39. The van der Waals surface area contributed by atoms with E-state index in [0.717, 1.165) is 31.2 Å². The molecule has 0 saturated heterocycles. The Morgan fingerprint density at radius 3 is 2.67 bits per heavy atom. The highest BCUT2D eigenvalue weighted by Crippen LogP contribution is 2.30. The summed E-state index contributed by atoms with van der Waals surface area (Å²) in [7, 11) is 0. The summed E-state index contributed by atoms with van der Waals surface area (Å²) in [4.78, 5) is 28.2. The molecule has 0 atom stereocenters. The molecule has 0 unspecified atom stereocenters. The average Bonchev–Trinajstić information content (AvgIpc) is 2.51. The number of hydrogen-bond acceptors (Lipinski definition) is 3. The normalized spacial score (nSPS) is 22.3. The third-order valence-electron chi connectivity index (χ3n) is 4.61. The Balaban J connectivity index is 1.76. The Labute approximate surface area is 123 Å². The van der Waals surface area contributed by atoms with Gasteiger partial charge in [-0.15, -0.1) is 0 Å². The summed E-state index contributed by atoms with van der Waals surface area (Å²) >= 11 is 0. The largest absolute Gasteiger partial charge is 0.300 e. The molecular weight excluding hydrogens is 264 g/mol. The van der Waals surface area contributed by atoms with Crippen LogP contribution in [0.15, 0.2) is 35.4 Å². The lowest BCUT2D eigenvalue weighted by atomic mass is 9.80. The molecule has 3 rings (SSSR count). The van der Waals surface area contributed by atoms with Crippen LogP contribution in [0.25, 0.3) is 10.9 Å². The molecule has 1 aromatic heterocycles. The van der Waals surface area contributed by atoms with Crippen LogP contribution in [0.4, 0.5) is 0 Å². The van der Waals surface area contributed by atoms with Crippen LogP contribution in [0.3, 0.4) is 0 Å². The van der Waals surface area contributed by atoms with Gasteiger partial charge < -0.3 is 0 Å². The van der Waals surface area contributed by atoms with Gasteiger partial charge in [0.1, 0.15) is 5.78 Å². The van der Waals surface area contributed by atoms with Crippen LogP contribution in [-0.2, 0) is 11.3 Å². The van der Waals surface area contributed by atoms with Crippen LogP contribution in [0, 0.1) is 11.8 Å². The van der Waals surface area contributed by atoms with E-state index in [-0.39, 0.29) is 11.5 Å². The minimum atomic E-state index is 0.0364. The lowest BCUT2D eigenvalue weighted by Gasteiger charge is -2.27. The zero-order chi connectivity index (χ0) is 14.8. The van der Waals surface area contributed by atoms with Gasteiger partial charge in [-0.1, -0.05) is 12.1 Å². The van der Waals surface area contributed by atoms with Crippen LogP contribution in [-0.4, -0.2) is 15.3 Å². The third-order valence-corrected chi connectivity index (χ3v) is 4.61. The first-order valence-electron chi connectivity index (χ1n) is 7.60. The predicted octanol–water partition coefficient (Wildman–Crippen LogP) is 2.79. The van der Waals surface area contributed by atoms with E-state index in [4.69, 9.17) is 0 Å². The molecule has 110 valence electrons. The number of benzene rings is 1. The Morgan fingerprint density at radius 1 is 1.24 bits per heavy atom. The van der Waals surface area contributed by atoms with Crippen LogP contribution >= 0.6 is 0 Å². The van der Waals surface area contributed by atoms with Gasteiger partial charge in [-0.05, 0) is 50.7 Å². The van der Waals surface area contributed by atoms with Crippen molar-refractivity contribution in [1.82, 2.24) is 9.55 Å². The first kappa shape index (κ1) is 14.0. The first-order valence-corrected chi connectivity index (χ1v) is 7.60. The molecule has 0 amide bonds. The molecule has 0 spiro atoms. The van der Waals surface area contributed by atoms with Crippen molar-refractivity contribution in [2.75, 3.05) is 0 Å². The molecule has 0 radical (unpaired) electrons. The number of ketones is 1. The van der Waals surface area contributed by atoms with Gasteiger partial charge in [0.15, 0.2) is 0 Å². The zero-order valence-corrected chi connectivity index (χ0v) is 12.3. The number of fused-ring (bicyclic) bond motifs is 1.